The van der Waals surface area contributed by atoms with Gasteiger partial charge in [-0.15, -0.1) is 10.2 Å². The average Bonchev–Trinajstić information content (AvgIpc) is 2.80. The van der Waals surface area contributed by atoms with Crippen molar-refractivity contribution in [2.75, 3.05) is 0 Å². The van der Waals surface area contributed by atoms with Crippen LogP contribution in [0.3, 0.4) is 0 Å². The largest absolute Gasteiger partial charge is 0.346 e. The number of hydrogen-bond acceptors (Lipinski definition) is 4. The molecule has 2 unspecified atom stereocenters. The highest BCUT2D eigenvalue weighted by molar-refractivity contribution is 5.79. The number of halogens is 2. The van der Waals surface area contributed by atoms with Crippen LogP contribution in [-0.4, -0.2) is 32.5 Å². The molecule has 100 valence electrons. The summed E-state index contributed by atoms with van der Waals surface area (Å²) in [5.41, 5.74) is 0. The van der Waals surface area contributed by atoms with Crippen molar-refractivity contribution >= 4 is 5.91 Å². The van der Waals surface area contributed by atoms with E-state index < -0.39 is 17.9 Å². The van der Waals surface area contributed by atoms with Crippen LogP contribution in [0, 0.1) is 5.92 Å². The second kappa shape index (κ2) is 4.95. The molecule has 1 aromatic heterocycles. The quantitative estimate of drug-likeness (QED) is 0.854. The summed E-state index contributed by atoms with van der Waals surface area (Å²) in [5, 5.41) is 15.8. The van der Waals surface area contributed by atoms with Crippen LogP contribution >= 0.6 is 0 Å². The molecule has 0 saturated heterocycles. The lowest BCUT2D eigenvalue weighted by atomic mass is 9.86. The molecule has 1 saturated carbocycles. The van der Waals surface area contributed by atoms with Gasteiger partial charge < -0.3 is 5.32 Å². The van der Waals surface area contributed by atoms with Gasteiger partial charge in [-0.3, -0.25) is 4.79 Å². The van der Waals surface area contributed by atoms with E-state index in [-0.39, 0.29) is 18.7 Å². The molecule has 2 N–H and O–H groups in total. The predicted molar refractivity (Wildman–Crippen MR) is 57.6 cm³/mol. The molecule has 1 fully saturated rings. The van der Waals surface area contributed by atoms with Gasteiger partial charge in [0.05, 0.1) is 6.04 Å². The molecule has 8 heteroatoms. The SMILES string of the molecule is CC(NC(=O)C1CCCC(F)(F)C1)c1nn[nH]n1. The number of nitrogens with one attached hydrogen (secondary N) is 2. The molecule has 1 aliphatic rings. The number of aromatic amines is 1. The van der Waals surface area contributed by atoms with Crippen molar-refractivity contribution in [1.82, 2.24) is 25.9 Å². The van der Waals surface area contributed by atoms with Gasteiger partial charge in [-0.05, 0) is 19.8 Å². The molecule has 6 nitrogen and oxygen atoms in total. The van der Waals surface area contributed by atoms with Crippen LogP contribution in [0.25, 0.3) is 0 Å². The van der Waals surface area contributed by atoms with E-state index >= 15 is 0 Å². The number of hydrogen-bond donors (Lipinski definition) is 2. The lowest BCUT2D eigenvalue weighted by Crippen LogP contribution is -2.38. The van der Waals surface area contributed by atoms with E-state index in [2.05, 4.69) is 25.9 Å². The number of nitrogens with zero attached hydrogens (tertiary/aromatic N) is 3. The summed E-state index contributed by atoms with van der Waals surface area (Å²) >= 11 is 0. The van der Waals surface area contributed by atoms with Gasteiger partial charge in [0, 0.05) is 18.8 Å². The number of amides is 1. The standard InChI is InChI=1S/C10H15F2N5O/c1-6(8-14-16-17-15-8)13-9(18)7-3-2-4-10(11,12)5-7/h6-7H,2-5H2,1H3,(H,13,18)(H,14,15,16,17). The number of carbonyl (C=O) groups is 1. The van der Waals surface area contributed by atoms with Crippen molar-refractivity contribution in [3.05, 3.63) is 5.82 Å². The van der Waals surface area contributed by atoms with Gasteiger partial charge in [-0.1, -0.05) is 5.21 Å². The zero-order valence-corrected chi connectivity index (χ0v) is 9.99. The first kappa shape index (κ1) is 12.8. The number of tetrazole rings is 1. The number of carbonyl (C=O) groups excluding carboxylic acids is 1. The van der Waals surface area contributed by atoms with E-state index in [1.54, 1.807) is 6.92 Å². The van der Waals surface area contributed by atoms with Crippen LogP contribution in [0.2, 0.25) is 0 Å². The molecule has 18 heavy (non-hydrogen) atoms. The predicted octanol–water partition coefficient (Wildman–Crippen LogP) is 1.20. The maximum atomic E-state index is 13.2. The molecule has 0 spiro atoms. The van der Waals surface area contributed by atoms with Crippen LogP contribution in [-0.2, 0) is 4.79 Å². The van der Waals surface area contributed by atoms with Crippen molar-refractivity contribution in [3.8, 4) is 0 Å². The molecule has 0 aromatic carbocycles. The van der Waals surface area contributed by atoms with Crippen LogP contribution < -0.4 is 5.32 Å². The van der Waals surface area contributed by atoms with Crippen molar-refractivity contribution < 1.29 is 13.6 Å². The third-order valence-corrected chi connectivity index (χ3v) is 3.12. The molecule has 0 bridgehead atoms. The fraction of sp³-hybridized carbons (Fsp3) is 0.800. The Kier molecular flexibility index (Phi) is 3.53. The average molecular weight is 259 g/mol. The van der Waals surface area contributed by atoms with Gasteiger partial charge >= 0.3 is 0 Å². The minimum atomic E-state index is -2.73. The van der Waals surface area contributed by atoms with Crippen molar-refractivity contribution in [1.29, 1.82) is 0 Å². The van der Waals surface area contributed by atoms with Crippen molar-refractivity contribution in [2.24, 2.45) is 5.92 Å². The Morgan fingerprint density at radius 2 is 2.39 bits per heavy atom. The molecule has 1 aromatic rings. The van der Waals surface area contributed by atoms with E-state index in [0.717, 1.165) is 0 Å². The monoisotopic (exact) mass is 259 g/mol. The summed E-state index contributed by atoms with van der Waals surface area (Å²) in [6.45, 7) is 1.68. The molecule has 1 heterocycles. The highest BCUT2D eigenvalue weighted by atomic mass is 19.3. The Balaban J connectivity index is 1.92. The van der Waals surface area contributed by atoms with Crippen molar-refractivity contribution in [3.63, 3.8) is 0 Å². The lowest BCUT2D eigenvalue weighted by Gasteiger charge is -2.28. The summed E-state index contributed by atoms with van der Waals surface area (Å²) in [7, 11) is 0. The first-order valence-electron chi connectivity index (χ1n) is 5.89. The van der Waals surface area contributed by atoms with E-state index in [1.165, 1.54) is 0 Å². The third kappa shape index (κ3) is 2.99. The minimum absolute atomic E-state index is 0.128. The summed E-state index contributed by atoms with van der Waals surface area (Å²) < 4.78 is 26.4. The van der Waals surface area contributed by atoms with E-state index in [1.807, 2.05) is 0 Å². The summed E-state index contributed by atoms with van der Waals surface area (Å²) in [5.74, 6) is -3.39. The number of H-pyrrole nitrogens is 1. The van der Waals surface area contributed by atoms with Crippen LogP contribution in [0.15, 0.2) is 0 Å². The Bertz CT molecular complexity index is 408. The summed E-state index contributed by atoms with van der Waals surface area (Å²) in [6, 6.07) is -0.438. The first-order valence-corrected chi connectivity index (χ1v) is 5.89. The van der Waals surface area contributed by atoms with Crippen LogP contribution in [0.1, 0.15) is 44.5 Å². The molecule has 1 aliphatic carbocycles. The normalized spacial score (nSPS) is 24.5. The molecular weight excluding hydrogens is 244 g/mol. The Morgan fingerprint density at radius 1 is 1.61 bits per heavy atom. The molecule has 2 atom stereocenters. The summed E-state index contributed by atoms with van der Waals surface area (Å²) in [4.78, 5) is 11.9. The molecule has 0 radical (unpaired) electrons. The first-order chi connectivity index (χ1) is 8.48. The van der Waals surface area contributed by atoms with Crippen LogP contribution in [0.4, 0.5) is 8.78 Å². The van der Waals surface area contributed by atoms with Gasteiger partial charge in [-0.2, -0.15) is 5.21 Å². The third-order valence-electron chi connectivity index (χ3n) is 3.12. The zero-order valence-electron chi connectivity index (χ0n) is 9.99. The van der Waals surface area contributed by atoms with Crippen LogP contribution in [0.5, 0.6) is 0 Å². The smallest absolute Gasteiger partial charge is 0.248 e. The fourth-order valence-corrected chi connectivity index (χ4v) is 2.14. The Hall–Kier alpha value is -1.60. The molecule has 1 amide bonds. The highest BCUT2D eigenvalue weighted by Crippen LogP contribution is 2.36. The molecular formula is C10H15F2N5O. The van der Waals surface area contributed by atoms with E-state index in [0.29, 0.717) is 18.7 Å². The van der Waals surface area contributed by atoms with Gasteiger partial charge in [0.2, 0.25) is 11.8 Å². The number of rotatable bonds is 3. The summed E-state index contributed by atoms with van der Waals surface area (Å²) in [6.07, 6.45) is 0.372. The number of alkyl halides is 2. The second-order valence-corrected chi connectivity index (χ2v) is 4.65. The maximum Gasteiger partial charge on any atom is 0.248 e. The van der Waals surface area contributed by atoms with Crippen molar-refractivity contribution in [2.45, 2.75) is 44.6 Å². The fourth-order valence-electron chi connectivity index (χ4n) is 2.14. The van der Waals surface area contributed by atoms with Gasteiger partial charge in [0.25, 0.3) is 0 Å². The number of aromatic nitrogens is 4. The molecule has 2 rings (SSSR count). The highest BCUT2D eigenvalue weighted by Gasteiger charge is 2.39. The minimum Gasteiger partial charge on any atom is -0.346 e. The Labute approximate surface area is 103 Å². The van der Waals surface area contributed by atoms with Gasteiger partial charge in [0.1, 0.15) is 0 Å². The van der Waals surface area contributed by atoms with Gasteiger partial charge in [0.15, 0.2) is 5.82 Å². The lowest BCUT2D eigenvalue weighted by molar-refractivity contribution is -0.132. The Morgan fingerprint density at radius 3 is 3.00 bits per heavy atom. The van der Waals surface area contributed by atoms with E-state index in [9.17, 15) is 13.6 Å². The topological polar surface area (TPSA) is 83.6 Å². The second-order valence-electron chi connectivity index (χ2n) is 4.65. The maximum absolute atomic E-state index is 13.2. The zero-order chi connectivity index (χ0) is 13.2. The molecule has 0 aliphatic heterocycles. The van der Waals surface area contributed by atoms with Gasteiger partial charge in [-0.25, -0.2) is 8.78 Å². The van der Waals surface area contributed by atoms with E-state index in [4.69, 9.17) is 0 Å².